The van der Waals surface area contributed by atoms with Gasteiger partial charge in [-0.15, -0.1) is 0 Å². The van der Waals surface area contributed by atoms with Crippen LogP contribution < -0.4 is 15.4 Å². The van der Waals surface area contributed by atoms with E-state index in [4.69, 9.17) is 4.74 Å². The van der Waals surface area contributed by atoms with Crippen LogP contribution in [0, 0.1) is 13.8 Å². The number of benzene rings is 1. The molecule has 17 heavy (non-hydrogen) atoms. The van der Waals surface area contributed by atoms with Crippen LogP contribution in [0.25, 0.3) is 0 Å². The van der Waals surface area contributed by atoms with Gasteiger partial charge in [0, 0.05) is 18.7 Å². The predicted molar refractivity (Wildman–Crippen MR) is 69.6 cm³/mol. The lowest BCUT2D eigenvalue weighted by Crippen LogP contribution is -2.18. The van der Waals surface area contributed by atoms with E-state index in [2.05, 4.69) is 10.6 Å². The third-order valence-corrected chi connectivity index (χ3v) is 2.55. The van der Waals surface area contributed by atoms with E-state index in [0.717, 1.165) is 22.6 Å². The molecular weight excluding hydrogens is 216 g/mol. The Kier molecular flexibility index (Phi) is 4.97. The van der Waals surface area contributed by atoms with E-state index in [1.807, 2.05) is 33.0 Å². The van der Waals surface area contributed by atoms with Crippen molar-refractivity contribution in [3.05, 3.63) is 23.3 Å². The van der Waals surface area contributed by atoms with E-state index in [1.54, 1.807) is 7.11 Å². The summed E-state index contributed by atoms with van der Waals surface area (Å²) in [6.45, 7) is 4.62. The number of rotatable bonds is 5. The Bertz CT molecular complexity index is 379. The van der Waals surface area contributed by atoms with Crippen molar-refractivity contribution in [1.29, 1.82) is 0 Å². The number of amides is 1. The van der Waals surface area contributed by atoms with Gasteiger partial charge in [-0.25, -0.2) is 0 Å². The monoisotopic (exact) mass is 236 g/mol. The maximum atomic E-state index is 11.6. The molecular formula is C13H20N2O2. The normalized spacial score (nSPS) is 10.1. The minimum atomic E-state index is 0.0170. The molecule has 0 aliphatic rings. The summed E-state index contributed by atoms with van der Waals surface area (Å²) in [7, 11) is 3.48. The lowest BCUT2D eigenvalue weighted by atomic mass is 10.1. The van der Waals surface area contributed by atoms with Crippen LogP contribution in [-0.2, 0) is 4.79 Å². The zero-order chi connectivity index (χ0) is 12.8. The minimum Gasteiger partial charge on any atom is -0.496 e. The molecule has 0 radical (unpaired) electrons. The largest absolute Gasteiger partial charge is 0.496 e. The predicted octanol–water partition coefficient (Wildman–Crippen LogP) is 1.86. The van der Waals surface area contributed by atoms with Crippen LogP contribution in [0.15, 0.2) is 12.1 Å². The van der Waals surface area contributed by atoms with Crippen LogP contribution in [0.2, 0.25) is 0 Å². The molecule has 1 rings (SSSR count). The van der Waals surface area contributed by atoms with Gasteiger partial charge in [-0.3, -0.25) is 4.79 Å². The van der Waals surface area contributed by atoms with Crippen LogP contribution in [0.3, 0.4) is 0 Å². The molecule has 1 amide bonds. The SMILES string of the molecule is CNCCC(=O)Nc1cc(C)c(OC)c(C)c1. The molecule has 0 unspecified atom stereocenters. The number of hydrogen-bond donors (Lipinski definition) is 2. The summed E-state index contributed by atoms with van der Waals surface area (Å²) in [6, 6.07) is 3.84. The van der Waals surface area contributed by atoms with Crippen LogP contribution >= 0.6 is 0 Å². The quantitative estimate of drug-likeness (QED) is 0.820. The first kappa shape index (κ1) is 13.5. The Morgan fingerprint density at radius 1 is 1.29 bits per heavy atom. The Morgan fingerprint density at radius 2 is 1.88 bits per heavy atom. The zero-order valence-corrected chi connectivity index (χ0v) is 10.9. The summed E-state index contributed by atoms with van der Waals surface area (Å²) in [5, 5.41) is 5.82. The summed E-state index contributed by atoms with van der Waals surface area (Å²) >= 11 is 0. The van der Waals surface area contributed by atoms with Gasteiger partial charge in [0.15, 0.2) is 0 Å². The molecule has 4 nitrogen and oxygen atoms in total. The average molecular weight is 236 g/mol. The van der Waals surface area contributed by atoms with E-state index < -0.39 is 0 Å². The first-order chi connectivity index (χ1) is 8.08. The van der Waals surface area contributed by atoms with E-state index in [-0.39, 0.29) is 5.91 Å². The number of carbonyl (C=O) groups is 1. The summed E-state index contributed by atoms with van der Waals surface area (Å²) in [4.78, 5) is 11.6. The van der Waals surface area contributed by atoms with E-state index >= 15 is 0 Å². The molecule has 0 spiro atoms. The van der Waals surface area contributed by atoms with E-state index in [0.29, 0.717) is 13.0 Å². The van der Waals surface area contributed by atoms with Gasteiger partial charge < -0.3 is 15.4 Å². The fourth-order valence-corrected chi connectivity index (χ4v) is 1.81. The topological polar surface area (TPSA) is 50.4 Å². The smallest absolute Gasteiger partial charge is 0.225 e. The van der Waals surface area contributed by atoms with E-state index in [9.17, 15) is 4.79 Å². The molecule has 94 valence electrons. The van der Waals surface area contributed by atoms with Crippen LogP contribution in [0.4, 0.5) is 5.69 Å². The van der Waals surface area contributed by atoms with Crippen LogP contribution in [-0.4, -0.2) is 26.6 Å². The molecule has 1 aromatic rings. The molecule has 0 bridgehead atoms. The number of aryl methyl sites for hydroxylation is 2. The highest BCUT2D eigenvalue weighted by Crippen LogP contribution is 2.26. The van der Waals surface area contributed by atoms with Crippen molar-refractivity contribution in [2.24, 2.45) is 0 Å². The van der Waals surface area contributed by atoms with Gasteiger partial charge in [0.25, 0.3) is 0 Å². The minimum absolute atomic E-state index is 0.0170. The zero-order valence-electron chi connectivity index (χ0n) is 10.9. The molecule has 0 atom stereocenters. The van der Waals surface area contributed by atoms with Gasteiger partial charge >= 0.3 is 0 Å². The summed E-state index contributed by atoms with van der Waals surface area (Å²) in [6.07, 6.45) is 0.473. The molecule has 1 aromatic carbocycles. The third kappa shape index (κ3) is 3.75. The van der Waals surface area contributed by atoms with Gasteiger partial charge in [0.2, 0.25) is 5.91 Å². The van der Waals surface area contributed by atoms with Crippen molar-refractivity contribution in [2.75, 3.05) is 26.0 Å². The molecule has 0 saturated heterocycles. The Balaban J connectivity index is 2.76. The van der Waals surface area contributed by atoms with Gasteiger partial charge in [-0.2, -0.15) is 0 Å². The van der Waals surface area contributed by atoms with Crippen LogP contribution in [0.1, 0.15) is 17.5 Å². The number of carbonyl (C=O) groups excluding carboxylic acids is 1. The standard InChI is InChI=1S/C13H20N2O2/c1-9-7-11(8-10(2)13(9)17-4)15-12(16)5-6-14-3/h7-8,14H,5-6H2,1-4H3,(H,15,16). The second kappa shape index (κ2) is 6.25. The summed E-state index contributed by atoms with van der Waals surface area (Å²) in [5.74, 6) is 0.890. The van der Waals surface area contributed by atoms with Crippen molar-refractivity contribution in [3.8, 4) is 5.75 Å². The molecule has 0 aliphatic carbocycles. The first-order valence-electron chi connectivity index (χ1n) is 5.68. The lowest BCUT2D eigenvalue weighted by molar-refractivity contribution is -0.116. The van der Waals surface area contributed by atoms with Gasteiger partial charge in [0.05, 0.1) is 7.11 Å². The second-order valence-corrected chi connectivity index (χ2v) is 4.05. The number of hydrogen-bond acceptors (Lipinski definition) is 3. The lowest BCUT2D eigenvalue weighted by Gasteiger charge is -2.12. The Labute approximate surface area is 102 Å². The third-order valence-electron chi connectivity index (χ3n) is 2.55. The maximum absolute atomic E-state index is 11.6. The first-order valence-corrected chi connectivity index (χ1v) is 5.68. The second-order valence-electron chi connectivity index (χ2n) is 4.05. The molecule has 0 aromatic heterocycles. The molecule has 4 heteroatoms. The molecule has 0 saturated carbocycles. The van der Waals surface area contributed by atoms with E-state index in [1.165, 1.54) is 0 Å². The molecule has 0 fully saturated rings. The highest BCUT2D eigenvalue weighted by atomic mass is 16.5. The Hall–Kier alpha value is -1.55. The fourth-order valence-electron chi connectivity index (χ4n) is 1.81. The van der Waals surface area contributed by atoms with Crippen molar-refractivity contribution in [2.45, 2.75) is 20.3 Å². The van der Waals surface area contributed by atoms with Gasteiger partial charge in [-0.1, -0.05) is 0 Å². The fraction of sp³-hybridized carbons (Fsp3) is 0.462. The van der Waals surface area contributed by atoms with Gasteiger partial charge in [-0.05, 0) is 44.2 Å². The van der Waals surface area contributed by atoms with Crippen molar-refractivity contribution >= 4 is 11.6 Å². The average Bonchev–Trinajstić information content (AvgIpc) is 2.26. The summed E-state index contributed by atoms with van der Waals surface area (Å²) in [5.41, 5.74) is 2.87. The maximum Gasteiger partial charge on any atom is 0.225 e. The van der Waals surface area contributed by atoms with Crippen molar-refractivity contribution in [1.82, 2.24) is 5.32 Å². The molecule has 0 heterocycles. The van der Waals surface area contributed by atoms with Crippen molar-refractivity contribution < 1.29 is 9.53 Å². The summed E-state index contributed by atoms with van der Waals surface area (Å²) < 4.78 is 5.28. The number of anilines is 1. The molecule has 0 aliphatic heterocycles. The molecule has 2 N–H and O–H groups in total. The highest BCUT2D eigenvalue weighted by Gasteiger charge is 2.07. The Morgan fingerprint density at radius 3 is 2.35 bits per heavy atom. The highest BCUT2D eigenvalue weighted by molar-refractivity contribution is 5.91. The number of methoxy groups -OCH3 is 1. The number of nitrogens with one attached hydrogen (secondary N) is 2. The van der Waals surface area contributed by atoms with Crippen molar-refractivity contribution in [3.63, 3.8) is 0 Å². The van der Waals surface area contributed by atoms with Crippen LogP contribution in [0.5, 0.6) is 5.75 Å². The number of ether oxygens (including phenoxy) is 1. The van der Waals surface area contributed by atoms with Gasteiger partial charge in [0.1, 0.15) is 5.75 Å².